The Balaban J connectivity index is 2.14. The van der Waals surface area contributed by atoms with Crippen LogP contribution in [0, 0.1) is 23.7 Å². The molecule has 1 saturated heterocycles. The molecule has 2 fully saturated rings. The standard InChI is InChI=1S/C16H28N2O2/c1-9(2)6-13-16(20)18(8-12-7-11(12)5)14(10(3)4)15(19)17-13/h9-14H,6-8H2,1-5H3,(H,17,19). The first-order chi connectivity index (χ1) is 9.31. The zero-order chi connectivity index (χ0) is 15.0. The fourth-order valence-corrected chi connectivity index (χ4v) is 3.20. The Hall–Kier alpha value is -1.06. The molecule has 0 bridgehead atoms. The molecule has 1 N–H and O–H groups in total. The number of nitrogens with zero attached hydrogens (tertiary/aromatic N) is 1. The maximum atomic E-state index is 12.7. The number of nitrogens with one attached hydrogen (secondary N) is 1. The third kappa shape index (κ3) is 3.15. The van der Waals surface area contributed by atoms with E-state index in [1.54, 1.807) is 0 Å². The molecule has 0 aromatic heterocycles. The van der Waals surface area contributed by atoms with Crippen LogP contribution in [0.15, 0.2) is 0 Å². The van der Waals surface area contributed by atoms with Crippen LogP contribution in [0.25, 0.3) is 0 Å². The highest BCUT2D eigenvalue weighted by Crippen LogP contribution is 2.39. The van der Waals surface area contributed by atoms with Gasteiger partial charge in [-0.05, 0) is 36.5 Å². The molecule has 20 heavy (non-hydrogen) atoms. The van der Waals surface area contributed by atoms with Gasteiger partial charge in [0.1, 0.15) is 12.1 Å². The molecule has 0 aromatic rings. The third-order valence-electron chi connectivity index (χ3n) is 4.55. The minimum atomic E-state index is -0.327. The molecule has 2 amide bonds. The van der Waals surface area contributed by atoms with E-state index in [0.717, 1.165) is 13.0 Å². The van der Waals surface area contributed by atoms with Crippen molar-refractivity contribution in [2.45, 2.75) is 59.5 Å². The van der Waals surface area contributed by atoms with Gasteiger partial charge in [-0.3, -0.25) is 9.59 Å². The molecule has 2 rings (SSSR count). The smallest absolute Gasteiger partial charge is 0.245 e. The number of amides is 2. The van der Waals surface area contributed by atoms with Gasteiger partial charge in [0.05, 0.1) is 0 Å². The molecule has 4 unspecified atom stereocenters. The Kier molecular flexibility index (Phi) is 4.40. The van der Waals surface area contributed by atoms with Crippen molar-refractivity contribution < 1.29 is 9.59 Å². The fourth-order valence-electron chi connectivity index (χ4n) is 3.20. The zero-order valence-electron chi connectivity index (χ0n) is 13.3. The van der Waals surface area contributed by atoms with Crippen molar-refractivity contribution in [3.63, 3.8) is 0 Å². The van der Waals surface area contributed by atoms with E-state index in [0.29, 0.717) is 17.8 Å². The Morgan fingerprint density at radius 3 is 2.30 bits per heavy atom. The van der Waals surface area contributed by atoms with Crippen LogP contribution in [-0.4, -0.2) is 35.3 Å². The van der Waals surface area contributed by atoms with Crippen LogP contribution in [0.3, 0.4) is 0 Å². The predicted octanol–water partition coefficient (Wildman–Crippen LogP) is 2.04. The van der Waals surface area contributed by atoms with Crippen molar-refractivity contribution in [1.82, 2.24) is 10.2 Å². The maximum absolute atomic E-state index is 12.7. The average Bonchev–Trinajstić information content (AvgIpc) is 2.99. The van der Waals surface area contributed by atoms with Crippen LogP contribution in [0.2, 0.25) is 0 Å². The third-order valence-corrected chi connectivity index (χ3v) is 4.55. The second kappa shape index (κ2) is 5.74. The van der Waals surface area contributed by atoms with Crippen LogP contribution in [0.1, 0.15) is 47.5 Å². The molecule has 0 aromatic carbocycles. The summed E-state index contributed by atoms with van der Waals surface area (Å²) < 4.78 is 0. The lowest BCUT2D eigenvalue weighted by Gasteiger charge is -2.41. The monoisotopic (exact) mass is 280 g/mol. The number of rotatable bonds is 5. The van der Waals surface area contributed by atoms with Crippen LogP contribution >= 0.6 is 0 Å². The van der Waals surface area contributed by atoms with Gasteiger partial charge in [-0.15, -0.1) is 0 Å². The minimum absolute atomic E-state index is 0.0264. The molecule has 4 heteroatoms. The summed E-state index contributed by atoms with van der Waals surface area (Å²) in [5, 5.41) is 2.93. The second-order valence-corrected chi connectivity index (χ2v) is 7.34. The van der Waals surface area contributed by atoms with Crippen LogP contribution in [0.4, 0.5) is 0 Å². The average molecular weight is 280 g/mol. The number of hydrogen-bond acceptors (Lipinski definition) is 2. The van der Waals surface area contributed by atoms with Gasteiger partial charge in [0.2, 0.25) is 11.8 Å². The number of carbonyl (C=O) groups excluding carboxylic acids is 2. The van der Waals surface area contributed by atoms with E-state index in [9.17, 15) is 9.59 Å². The number of carbonyl (C=O) groups is 2. The molecule has 0 radical (unpaired) electrons. The summed E-state index contributed by atoms with van der Waals surface area (Å²) >= 11 is 0. The first kappa shape index (κ1) is 15.3. The van der Waals surface area contributed by atoms with E-state index in [2.05, 4.69) is 26.1 Å². The van der Waals surface area contributed by atoms with Gasteiger partial charge in [0.25, 0.3) is 0 Å². The molecule has 1 aliphatic carbocycles. The summed E-state index contributed by atoms with van der Waals surface area (Å²) in [6.45, 7) is 11.2. The first-order valence-corrected chi connectivity index (χ1v) is 7.92. The van der Waals surface area contributed by atoms with Gasteiger partial charge < -0.3 is 10.2 Å². The normalized spacial score (nSPS) is 33.9. The summed E-state index contributed by atoms with van der Waals surface area (Å²) in [5.74, 6) is 2.00. The van der Waals surface area contributed by atoms with Crippen LogP contribution < -0.4 is 5.32 Å². The van der Waals surface area contributed by atoms with E-state index >= 15 is 0 Å². The molecule has 4 atom stereocenters. The highest BCUT2D eigenvalue weighted by Gasteiger charge is 2.45. The van der Waals surface area contributed by atoms with Crippen molar-refractivity contribution in [3.8, 4) is 0 Å². The summed E-state index contributed by atoms with van der Waals surface area (Å²) in [7, 11) is 0. The van der Waals surface area contributed by atoms with Gasteiger partial charge in [-0.2, -0.15) is 0 Å². The lowest BCUT2D eigenvalue weighted by atomic mass is 9.93. The Morgan fingerprint density at radius 2 is 1.85 bits per heavy atom. The van der Waals surface area contributed by atoms with E-state index in [1.165, 1.54) is 6.42 Å². The Bertz CT molecular complexity index is 392. The maximum Gasteiger partial charge on any atom is 0.245 e. The van der Waals surface area contributed by atoms with Crippen molar-refractivity contribution >= 4 is 11.8 Å². The molecule has 1 aliphatic heterocycles. The number of piperazine rings is 1. The summed E-state index contributed by atoms with van der Waals surface area (Å²) in [5.41, 5.74) is 0. The van der Waals surface area contributed by atoms with Crippen molar-refractivity contribution in [2.75, 3.05) is 6.54 Å². The fraction of sp³-hybridized carbons (Fsp3) is 0.875. The van der Waals surface area contributed by atoms with Crippen molar-refractivity contribution in [2.24, 2.45) is 23.7 Å². The van der Waals surface area contributed by atoms with E-state index in [4.69, 9.17) is 0 Å². The highest BCUT2D eigenvalue weighted by molar-refractivity contribution is 5.97. The largest absolute Gasteiger partial charge is 0.342 e. The molecular weight excluding hydrogens is 252 g/mol. The summed E-state index contributed by atoms with van der Waals surface area (Å²) in [6, 6.07) is -0.620. The van der Waals surface area contributed by atoms with Crippen LogP contribution in [-0.2, 0) is 9.59 Å². The minimum Gasteiger partial charge on any atom is -0.342 e. The lowest BCUT2D eigenvalue weighted by Crippen LogP contribution is -2.65. The molecule has 1 saturated carbocycles. The van der Waals surface area contributed by atoms with Crippen molar-refractivity contribution in [1.29, 1.82) is 0 Å². The SMILES string of the molecule is CC(C)CC1NC(=O)C(C(C)C)N(CC2CC2C)C1=O. The quantitative estimate of drug-likeness (QED) is 0.838. The molecule has 0 spiro atoms. The van der Waals surface area contributed by atoms with Gasteiger partial charge in [-0.25, -0.2) is 0 Å². The van der Waals surface area contributed by atoms with Crippen molar-refractivity contribution in [3.05, 3.63) is 0 Å². The topological polar surface area (TPSA) is 49.4 Å². The Labute approximate surface area is 122 Å². The Morgan fingerprint density at radius 1 is 1.25 bits per heavy atom. The zero-order valence-corrected chi connectivity index (χ0v) is 13.3. The molecule has 1 heterocycles. The lowest BCUT2D eigenvalue weighted by molar-refractivity contribution is -0.152. The summed E-state index contributed by atoms with van der Waals surface area (Å²) in [4.78, 5) is 26.9. The van der Waals surface area contributed by atoms with Gasteiger partial charge in [0.15, 0.2) is 0 Å². The van der Waals surface area contributed by atoms with E-state index in [1.807, 2.05) is 18.7 Å². The molecule has 4 nitrogen and oxygen atoms in total. The molecular formula is C16H28N2O2. The van der Waals surface area contributed by atoms with Gasteiger partial charge in [0, 0.05) is 6.54 Å². The first-order valence-electron chi connectivity index (χ1n) is 7.92. The summed E-state index contributed by atoms with van der Waals surface area (Å²) in [6.07, 6.45) is 1.91. The van der Waals surface area contributed by atoms with Gasteiger partial charge in [-0.1, -0.05) is 34.6 Å². The molecule has 114 valence electrons. The van der Waals surface area contributed by atoms with E-state index < -0.39 is 0 Å². The molecule has 2 aliphatic rings. The number of hydrogen-bond donors (Lipinski definition) is 1. The van der Waals surface area contributed by atoms with Crippen LogP contribution in [0.5, 0.6) is 0 Å². The van der Waals surface area contributed by atoms with E-state index in [-0.39, 0.29) is 29.8 Å². The van der Waals surface area contributed by atoms with Gasteiger partial charge >= 0.3 is 0 Å². The second-order valence-electron chi connectivity index (χ2n) is 7.34. The predicted molar refractivity (Wildman–Crippen MR) is 79.0 cm³/mol. The highest BCUT2D eigenvalue weighted by atomic mass is 16.2.